The molecule has 10 heteroatoms. The van der Waals surface area contributed by atoms with Crippen molar-refractivity contribution in [2.75, 3.05) is 31.0 Å². The van der Waals surface area contributed by atoms with Crippen LogP contribution < -0.4 is 19.9 Å². The summed E-state index contributed by atoms with van der Waals surface area (Å²) in [4.78, 5) is 50.7. The van der Waals surface area contributed by atoms with E-state index in [2.05, 4.69) is 5.32 Å². The van der Waals surface area contributed by atoms with E-state index >= 15 is 0 Å². The predicted octanol–water partition coefficient (Wildman–Crippen LogP) is 2.34. The highest BCUT2D eigenvalue weighted by Crippen LogP contribution is 2.30. The molecule has 1 aliphatic rings. The second-order valence-electron chi connectivity index (χ2n) is 6.56. The van der Waals surface area contributed by atoms with Crippen LogP contribution in [0.3, 0.4) is 0 Å². The van der Waals surface area contributed by atoms with Crippen molar-refractivity contribution in [3.8, 4) is 5.75 Å². The monoisotopic (exact) mass is 410 g/mol. The Kier molecular flexibility index (Phi) is 5.50. The highest BCUT2D eigenvalue weighted by molar-refractivity contribution is 6.39. The Balaban J connectivity index is 2.04. The number of hydrogen-bond acceptors (Lipinski definition) is 7. The zero-order valence-corrected chi connectivity index (χ0v) is 16.4. The van der Waals surface area contributed by atoms with Crippen molar-refractivity contribution in [2.45, 2.75) is 0 Å². The van der Waals surface area contributed by atoms with E-state index in [9.17, 15) is 24.5 Å². The smallest absolute Gasteiger partial charge is 0.335 e. The summed E-state index contributed by atoms with van der Waals surface area (Å²) in [5, 5.41) is 13.5. The number of barbiturate groups is 1. The fourth-order valence-electron chi connectivity index (χ4n) is 2.96. The summed E-state index contributed by atoms with van der Waals surface area (Å²) in [5.41, 5.74) is 0.341. The van der Waals surface area contributed by atoms with Gasteiger partial charge in [0.1, 0.15) is 17.0 Å². The number of imide groups is 2. The van der Waals surface area contributed by atoms with Gasteiger partial charge in [0.05, 0.1) is 17.7 Å². The molecule has 10 nitrogen and oxygen atoms in total. The Labute approximate surface area is 171 Å². The van der Waals surface area contributed by atoms with E-state index in [0.29, 0.717) is 11.4 Å². The van der Waals surface area contributed by atoms with Crippen LogP contribution in [0.15, 0.2) is 48.0 Å². The van der Waals surface area contributed by atoms with Gasteiger partial charge in [-0.05, 0) is 29.8 Å². The van der Waals surface area contributed by atoms with Gasteiger partial charge in [0, 0.05) is 26.2 Å². The van der Waals surface area contributed by atoms with Crippen molar-refractivity contribution in [3.63, 3.8) is 0 Å². The fourth-order valence-corrected chi connectivity index (χ4v) is 2.96. The number of methoxy groups -OCH3 is 1. The molecular formula is C20H18N4O6. The minimum atomic E-state index is -0.899. The van der Waals surface area contributed by atoms with Crippen LogP contribution >= 0.6 is 0 Å². The lowest BCUT2D eigenvalue weighted by Gasteiger charge is -2.26. The number of amides is 4. The number of rotatable bonds is 5. The standard InChI is InChI=1S/C20H18N4O6/c1-22(2)16-8-7-12(10-17(16)24(28)29)9-15-18(25)21-20(27)23(19(15)26)13-5-4-6-14(11-13)30-3/h4-11H,1-3H3,(H,21,25,27)/b15-9+. The number of urea groups is 1. The molecule has 0 spiro atoms. The van der Waals surface area contributed by atoms with Gasteiger partial charge in [-0.1, -0.05) is 12.1 Å². The van der Waals surface area contributed by atoms with Gasteiger partial charge in [0.15, 0.2) is 0 Å². The van der Waals surface area contributed by atoms with E-state index in [4.69, 9.17) is 4.74 Å². The number of carbonyl (C=O) groups excluding carboxylic acids is 3. The van der Waals surface area contributed by atoms with Crippen LogP contribution in [0.2, 0.25) is 0 Å². The highest BCUT2D eigenvalue weighted by atomic mass is 16.6. The van der Waals surface area contributed by atoms with Gasteiger partial charge in [-0.15, -0.1) is 0 Å². The maximum Gasteiger partial charge on any atom is 0.335 e. The Morgan fingerprint density at radius 2 is 1.87 bits per heavy atom. The number of anilines is 2. The van der Waals surface area contributed by atoms with Crippen molar-refractivity contribution in [2.24, 2.45) is 0 Å². The molecule has 0 aliphatic carbocycles. The van der Waals surface area contributed by atoms with Crippen molar-refractivity contribution in [3.05, 3.63) is 63.7 Å². The first-order valence-corrected chi connectivity index (χ1v) is 8.74. The molecule has 30 heavy (non-hydrogen) atoms. The average molecular weight is 410 g/mol. The van der Waals surface area contributed by atoms with Crippen molar-refractivity contribution in [1.82, 2.24) is 5.32 Å². The third kappa shape index (κ3) is 3.83. The molecular weight excluding hydrogens is 392 g/mol. The van der Waals surface area contributed by atoms with Crippen molar-refractivity contribution < 1.29 is 24.0 Å². The molecule has 0 aromatic heterocycles. The molecule has 1 aliphatic heterocycles. The maximum atomic E-state index is 12.9. The lowest BCUT2D eigenvalue weighted by molar-refractivity contribution is -0.384. The molecule has 1 N–H and O–H groups in total. The van der Waals surface area contributed by atoms with Gasteiger partial charge in [-0.3, -0.25) is 25.0 Å². The van der Waals surface area contributed by atoms with E-state index in [1.54, 1.807) is 37.2 Å². The van der Waals surface area contributed by atoms with Crippen LogP contribution in [0.5, 0.6) is 5.75 Å². The summed E-state index contributed by atoms with van der Waals surface area (Å²) in [6, 6.07) is 9.65. The molecule has 0 atom stereocenters. The molecule has 0 radical (unpaired) electrons. The molecule has 154 valence electrons. The third-order valence-corrected chi connectivity index (χ3v) is 4.40. The van der Waals surface area contributed by atoms with Crippen molar-refractivity contribution >= 4 is 41.0 Å². The molecule has 2 aromatic carbocycles. The number of carbonyl (C=O) groups is 3. The van der Waals surface area contributed by atoms with Crippen LogP contribution in [0.1, 0.15) is 5.56 Å². The molecule has 1 heterocycles. The van der Waals surface area contributed by atoms with Gasteiger partial charge in [0.25, 0.3) is 17.5 Å². The first kappa shape index (κ1) is 20.5. The summed E-state index contributed by atoms with van der Waals surface area (Å²) >= 11 is 0. The number of nitrogens with zero attached hydrogens (tertiary/aromatic N) is 3. The average Bonchev–Trinajstić information content (AvgIpc) is 2.70. The van der Waals surface area contributed by atoms with Gasteiger partial charge in [0.2, 0.25) is 0 Å². The molecule has 0 saturated carbocycles. The molecule has 1 fully saturated rings. The van der Waals surface area contributed by atoms with Gasteiger partial charge in [-0.25, -0.2) is 9.69 Å². The van der Waals surface area contributed by atoms with E-state index in [1.165, 1.54) is 37.5 Å². The number of nitro groups is 1. The predicted molar refractivity (Wildman–Crippen MR) is 109 cm³/mol. The Morgan fingerprint density at radius 1 is 1.13 bits per heavy atom. The normalized spacial score (nSPS) is 15.2. The van der Waals surface area contributed by atoms with Crippen LogP contribution in [0.4, 0.5) is 21.9 Å². The second kappa shape index (κ2) is 8.03. The zero-order valence-electron chi connectivity index (χ0n) is 16.4. The fraction of sp³-hybridized carbons (Fsp3) is 0.150. The SMILES string of the molecule is COc1cccc(N2C(=O)NC(=O)/C(=C\c3ccc(N(C)C)c([N+](=O)[O-])c3)C2=O)c1. The number of nitrogens with one attached hydrogen (secondary N) is 1. The first-order valence-electron chi connectivity index (χ1n) is 8.74. The van der Waals surface area contributed by atoms with Gasteiger partial charge < -0.3 is 9.64 Å². The topological polar surface area (TPSA) is 122 Å². The van der Waals surface area contributed by atoms with Gasteiger partial charge >= 0.3 is 6.03 Å². The summed E-state index contributed by atoms with van der Waals surface area (Å²) in [6.45, 7) is 0. The largest absolute Gasteiger partial charge is 0.497 e. The molecule has 3 rings (SSSR count). The summed E-state index contributed by atoms with van der Waals surface area (Å²) in [7, 11) is 4.77. The van der Waals surface area contributed by atoms with E-state index < -0.39 is 22.8 Å². The highest BCUT2D eigenvalue weighted by Gasteiger charge is 2.37. The summed E-state index contributed by atoms with van der Waals surface area (Å²) in [5.74, 6) is -1.31. The number of nitro benzene ring substituents is 1. The van der Waals surface area contributed by atoms with E-state index in [0.717, 1.165) is 4.90 Å². The Hall–Kier alpha value is -4.21. The first-order chi connectivity index (χ1) is 14.2. The summed E-state index contributed by atoms with van der Waals surface area (Å²) in [6.07, 6.45) is 1.21. The van der Waals surface area contributed by atoms with E-state index in [-0.39, 0.29) is 22.5 Å². The van der Waals surface area contributed by atoms with Crippen LogP contribution in [0, 0.1) is 10.1 Å². The second-order valence-corrected chi connectivity index (χ2v) is 6.56. The van der Waals surface area contributed by atoms with E-state index in [1.807, 2.05) is 0 Å². The van der Waals surface area contributed by atoms with Crippen LogP contribution in [-0.2, 0) is 9.59 Å². The Morgan fingerprint density at radius 3 is 2.50 bits per heavy atom. The maximum absolute atomic E-state index is 12.9. The van der Waals surface area contributed by atoms with Crippen LogP contribution in [-0.4, -0.2) is 44.0 Å². The lowest BCUT2D eigenvalue weighted by atomic mass is 10.1. The zero-order chi connectivity index (χ0) is 22.0. The third-order valence-electron chi connectivity index (χ3n) is 4.40. The quantitative estimate of drug-likeness (QED) is 0.347. The molecule has 1 saturated heterocycles. The molecule has 0 unspecified atom stereocenters. The van der Waals surface area contributed by atoms with Crippen LogP contribution in [0.25, 0.3) is 6.08 Å². The minimum absolute atomic E-state index is 0.182. The Bertz CT molecular complexity index is 1090. The summed E-state index contributed by atoms with van der Waals surface area (Å²) < 4.78 is 5.11. The molecule has 4 amide bonds. The lowest BCUT2D eigenvalue weighted by Crippen LogP contribution is -2.54. The number of benzene rings is 2. The van der Waals surface area contributed by atoms with Gasteiger partial charge in [-0.2, -0.15) is 0 Å². The molecule has 2 aromatic rings. The minimum Gasteiger partial charge on any atom is -0.497 e. The molecule has 0 bridgehead atoms. The van der Waals surface area contributed by atoms with Crippen molar-refractivity contribution in [1.29, 1.82) is 0 Å². The number of hydrogen-bond donors (Lipinski definition) is 1. The number of ether oxygens (including phenoxy) is 1.